The molecule has 1 heteroatoms. The smallest absolute Gasteiger partial charge is 0.00187 e. The Balaban J connectivity index is 3.76. The maximum Gasteiger partial charge on any atom is -0.00187 e. The van der Waals surface area contributed by atoms with Gasteiger partial charge in [-0.1, -0.05) is 117 Å². The highest BCUT2D eigenvalue weighted by atomic mass is 15.1. The molecule has 0 aliphatic carbocycles. The maximum atomic E-state index is 2.79. The minimum Gasteiger partial charge on any atom is -0.303 e. The molecule has 0 aliphatic rings. The lowest BCUT2D eigenvalue weighted by Gasteiger charge is -2.22. The van der Waals surface area contributed by atoms with Gasteiger partial charge in [-0.15, -0.1) is 0 Å². The molecule has 0 heterocycles. The van der Waals surface area contributed by atoms with Gasteiger partial charge in [0.05, 0.1) is 0 Å². The summed E-state index contributed by atoms with van der Waals surface area (Å²) in [6.07, 6.45) is 25.7. The van der Waals surface area contributed by atoms with Crippen molar-refractivity contribution in [2.45, 2.75) is 136 Å². The molecule has 0 unspecified atom stereocenters. The summed E-state index contributed by atoms with van der Waals surface area (Å²) in [6, 6.07) is 0. The fraction of sp³-hybridized carbons (Fsp3) is 1.00. The van der Waals surface area contributed by atoms with Crippen molar-refractivity contribution in [2.24, 2.45) is 0 Å². The van der Waals surface area contributed by atoms with E-state index in [4.69, 9.17) is 0 Å². The lowest BCUT2D eigenvalue weighted by Crippen LogP contribution is -2.27. The highest BCUT2D eigenvalue weighted by Gasteiger charge is 2.05. The van der Waals surface area contributed by atoms with Gasteiger partial charge in [0.25, 0.3) is 0 Å². The fourth-order valence-corrected chi connectivity index (χ4v) is 3.68. The third kappa shape index (κ3) is 20.1. The van der Waals surface area contributed by atoms with E-state index in [2.05, 4.69) is 25.7 Å². The molecular weight excluding hydrogens is 302 g/mol. The lowest BCUT2D eigenvalue weighted by atomic mass is 10.1. The first-order chi connectivity index (χ1) is 12.3. The molecule has 0 aromatic rings. The van der Waals surface area contributed by atoms with E-state index in [1.54, 1.807) is 0 Å². The summed E-state index contributed by atoms with van der Waals surface area (Å²) in [7, 11) is 0. The Morgan fingerprint density at radius 3 is 0.840 bits per heavy atom. The van der Waals surface area contributed by atoms with E-state index < -0.39 is 0 Å². The van der Waals surface area contributed by atoms with Crippen LogP contribution in [0.3, 0.4) is 0 Å². The summed E-state index contributed by atoms with van der Waals surface area (Å²) >= 11 is 0. The van der Waals surface area contributed by atoms with Crippen molar-refractivity contribution in [3.05, 3.63) is 0 Å². The predicted molar refractivity (Wildman–Crippen MR) is 117 cm³/mol. The largest absolute Gasteiger partial charge is 0.303 e. The Kier molecular flexibility index (Phi) is 22.0. The summed E-state index contributed by atoms with van der Waals surface area (Å²) < 4.78 is 0. The summed E-state index contributed by atoms with van der Waals surface area (Å²) in [5.74, 6) is 0. The lowest BCUT2D eigenvalue weighted by molar-refractivity contribution is 0.254. The van der Waals surface area contributed by atoms with Crippen LogP contribution in [0.2, 0.25) is 0 Å². The van der Waals surface area contributed by atoms with Crippen LogP contribution in [0.25, 0.3) is 0 Å². The summed E-state index contributed by atoms with van der Waals surface area (Å²) in [5, 5.41) is 0. The first-order valence-corrected chi connectivity index (χ1v) is 12.1. The second-order valence-electron chi connectivity index (χ2n) is 8.14. The Bertz CT molecular complexity index is 188. The van der Waals surface area contributed by atoms with Gasteiger partial charge in [-0.2, -0.15) is 0 Å². The normalized spacial score (nSPS) is 11.5. The molecule has 0 spiro atoms. The van der Waals surface area contributed by atoms with Crippen LogP contribution in [-0.2, 0) is 0 Å². The summed E-state index contributed by atoms with van der Waals surface area (Å²) in [4.78, 5) is 2.79. The second-order valence-corrected chi connectivity index (χ2v) is 8.14. The van der Waals surface area contributed by atoms with E-state index in [0.29, 0.717) is 0 Å². The van der Waals surface area contributed by atoms with E-state index in [-0.39, 0.29) is 0 Å². The standard InChI is InChI=1S/C24H51N/c1-4-7-10-13-16-19-22-25(23-20-17-14-11-8-5-2)24-21-18-15-12-9-6-3/h4-24H2,1-3H3. The van der Waals surface area contributed by atoms with Crippen LogP contribution >= 0.6 is 0 Å². The summed E-state index contributed by atoms with van der Waals surface area (Å²) in [6.45, 7) is 11.0. The minimum absolute atomic E-state index is 1.36. The van der Waals surface area contributed by atoms with E-state index in [9.17, 15) is 0 Å². The van der Waals surface area contributed by atoms with Crippen molar-refractivity contribution in [3.8, 4) is 0 Å². The van der Waals surface area contributed by atoms with Crippen LogP contribution in [-0.4, -0.2) is 24.5 Å². The third-order valence-electron chi connectivity index (χ3n) is 5.48. The van der Waals surface area contributed by atoms with Crippen LogP contribution in [0, 0.1) is 0 Å². The van der Waals surface area contributed by atoms with E-state index in [0.717, 1.165) is 0 Å². The SMILES string of the molecule is CCCCCCCCN(CCCCCCCC)CCCCCCCC. The number of hydrogen-bond acceptors (Lipinski definition) is 1. The van der Waals surface area contributed by atoms with Crippen LogP contribution in [0.15, 0.2) is 0 Å². The molecule has 0 radical (unpaired) electrons. The zero-order valence-electron chi connectivity index (χ0n) is 18.3. The van der Waals surface area contributed by atoms with Crippen molar-refractivity contribution in [1.29, 1.82) is 0 Å². The zero-order valence-corrected chi connectivity index (χ0v) is 18.3. The minimum atomic E-state index is 1.36. The van der Waals surface area contributed by atoms with Gasteiger partial charge in [0.1, 0.15) is 0 Å². The van der Waals surface area contributed by atoms with E-state index in [1.165, 1.54) is 135 Å². The van der Waals surface area contributed by atoms with Crippen LogP contribution in [0.5, 0.6) is 0 Å². The Morgan fingerprint density at radius 2 is 0.560 bits per heavy atom. The Morgan fingerprint density at radius 1 is 0.320 bits per heavy atom. The van der Waals surface area contributed by atoms with Gasteiger partial charge in [-0.3, -0.25) is 0 Å². The average molecular weight is 354 g/mol. The first-order valence-electron chi connectivity index (χ1n) is 12.1. The molecule has 152 valence electrons. The molecule has 0 N–H and O–H groups in total. The number of nitrogens with zero attached hydrogens (tertiary/aromatic N) is 1. The molecule has 0 rings (SSSR count). The monoisotopic (exact) mass is 353 g/mol. The molecular formula is C24H51N. The topological polar surface area (TPSA) is 3.24 Å². The Hall–Kier alpha value is -0.0400. The first kappa shape index (κ1) is 25.0. The average Bonchev–Trinajstić information content (AvgIpc) is 2.63. The van der Waals surface area contributed by atoms with Gasteiger partial charge >= 0.3 is 0 Å². The molecule has 0 aromatic carbocycles. The zero-order chi connectivity index (χ0) is 18.4. The highest BCUT2D eigenvalue weighted by molar-refractivity contribution is 4.60. The van der Waals surface area contributed by atoms with Crippen LogP contribution in [0.4, 0.5) is 0 Å². The quantitative estimate of drug-likeness (QED) is 0.187. The molecule has 0 fully saturated rings. The molecule has 1 nitrogen and oxygen atoms in total. The van der Waals surface area contributed by atoms with Crippen molar-refractivity contribution in [3.63, 3.8) is 0 Å². The molecule has 0 atom stereocenters. The van der Waals surface area contributed by atoms with Crippen LogP contribution in [0.1, 0.15) is 136 Å². The second kappa shape index (κ2) is 22.0. The molecule has 0 saturated carbocycles. The van der Waals surface area contributed by atoms with Crippen LogP contribution < -0.4 is 0 Å². The molecule has 25 heavy (non-hydrogen) atoms. The Labute approximate surface area is 161 Å². The number of unbranched alkanes of at least 4 members (excludes halogenated alkanes) is 15. The van der Waals surface area contributed by atoms with E-state index >= 15 is 0 Å². The maximum absolute atomic E-state index is 2.79. The van der Waals surface area contributed by atoms with Crippen molar-refractivity contribution >= 4 is 0 Å². The number of rotatable bonds is 21. The van der Waals surface area contributed by atoms with Gasteiger partial charge in [0.2, 0.25) is 0 Å². The molecule has 0 aromatic heterocycles. The van der Waals surface area contributed by atoms with Crippen molar-refractivity contribution in [1.82, 2.24) is 4.90 Å². The fourth-order valence-electron chi connectivity index (χ4n) is 3.68. The highest BCUT2D eigenvalue weighted by Crippen LogP contribution is 2.11. The predicted octanol–water partition coefficient (Wildman–Crippen LogP) is 8.37. The van der Waals surface area contributed by atoms with Gasteiger partial charge in [-0.05, 0) is 38.9 Å². The molecule has 0 amide bonds. The van der Waals surface area contributed by atoms with Crippen molar-refractivity contribution in [2.75, 3.05) is 19.6 Å². The van der Waals surface area contributed by atoms with E-state index in [1.807, 2.05) is 0 Å². The molecule has 0 aliphatic heterocycles. The number of hydrogen-bond donors (Lipinski definition) is 0. The van der Waals surface area contributed by atoms with Gasteiger partial charge in [0.15, 0.2) is 0 Å². The van der Waals surface area contributed by atoms with Gasteiger partial charge < -0.3 is 4.90 Å². The van der Waals surface area contributed by atoms with Gasteiger partial charge in [0, 0.05) is 0 Å². The molecule has 0 bridgehead atoms. The summed E-state index contributed by atoms with van der Waals surface area (Å²) in [5.41, 5.74) is 0. The molecule has 0 saturated heterocycles. The van der Waals surface area contributed by atoms with Crippen molar-refractivity contribution < 1.29 is 0 Å². The third-order valence-corrected chi connectivity index (χ3v) is 5.48. The van der Waals surface area contributed by atoms with Gasteiger partial charge in [-0.25, -0.2) is 0 Å².